The lowest BCUT2D eigenvalue weighted by Crippen LogP contribution is -2.48. The Morgan fingerprint density at radius 2 is 2.07 bits per heavy atom. The summed E-state index contributed by atoms with van der Waals surface area (Å²) in [6.07, 6.45) is 0.457. The van der Waals surface area contributed by atoms with E-state index < -0.39 is 12.8 Å². The van der Waals surface area contributed by atoms with Crippen LogP contribution in [0.25, 0.3) is 0 Å². The van der Waals surface area contributed by atoms with E-state index in [9.17, 15) is 13.2 Å². The molecule has 0 unspecified atom stereocenters. The smallest absolute Gasteiger partial charge is 0.422 e. The molecule has 0 amide bonds. The topological polar surface area (TPSA) is 61.8 Å². The molecular formula is C18H28F3N5O. The van der Waals surface area contributed by atoms with E-state index in [1.807, 2.05) is 0 Å². The van der Waals surface area contributed by atoms with Gasteiger partial charge in [0.1, 0.15) is 0 Å². The number of aliphatic imine (C=N–C) groups is 1. The monoisotopic (exact) mass is 387 g/mol. The molecule has 0 aromatic carbocycles. The van der Waals surface area contributed by atoms with Crippen LogP contribution in [0, 0.1) is 0 Å². The normalized spacial score (nSPS) is 17.0. The molecule has 0 bridgehead atoms. The van der Waals surface area contributed by atoms with Crippen LogP contribution in [-0.4, -0.2) is 61.4 Å². The van der Waals surface area contributed by atoms with Crippen LogP contribution in [0.5, 0.6) is 5.88 Å². The van der Waals surface area contributed by atoms with E-state index in [1.54, 1.807) is 13.1 Å². The molecule has 1 saturated heterocycles. The average molecular weight is 387 g/mol. The summed E-state index contributed by atoms with van der Waals surface area (Å²) in [4.78, 5) is 10.6. The number of halogens is 3. The van der Waals surface area contributed by atoms with Crippen molar-refractivity contribution in [3.8, 4) is 5.88 Å². The van der Waals surface area contributed by atoms with Crippen LogP contribution in [0.3, 0.4) is 0 Å². The minimum atomic E-state index is -4.37. The fourth-order valence-electron chi connectivity index (χ4n) is 2.95. The zero-order valence-corrected chi connectivity index (χ0v) is 15.9. The number of nitrogens with one attached hydrogen (secondary N) is 2. The van der Waals surface area contributed by atoms with Crippen LogP contribution in [0.15, 0.2) is 23.3 Å². The largest absolute Gasteiger partial charge is 0.468 e. The van der Waals surface area contributed by atoms with E-state index in [0.717, 1.165) is 38.0 Å². The summed E-state index contributed by atoms with van der Waals surface area (Å²) in [5.74, 6) is 0.666. The number of likely N-dealkylation sites (tertiary alicyclic amines) is 1. The molecule has 1 aliphatic heterocycles. The number of alkyl halides is 3. The van der Waals surface area contributed by atoms with Crippen molar-refractivity contribution in [2.24, 2.45) is 4.99 Å². The van der Waals surface area contributed by atoms with Gasteiger partial charge < -0.3 is 20.3 Å². The number of rotatable bonds is 7. The van der Waals surface area contributed by atoms with Crippen molar-refractivity contribution in [2.75, 3.05) is 33.3 Å². The first-order valence-electron chi connectivity index (χ1n) is 9.23. The highest BCUT2D eigenvalue weighted by Crippen LogP contribution is 2.17. The van der Waals surface area contributed by atoms with Crippen LogP contribution in [-0.2, 0) is 6.54 Å². The first kappa shape index (κ1) is 21.3. The Morgan fingerprint density at radius 3 is 2.63 bits per heavy atom. The second-order valence-corrected chi connectivity index (χ2v) is 6.59. The van der Waals surface area contributed by atoms with Gasteiger partial charge in [0, 0.05) is 45.0 Å². The number of guanidine groups is 1. The highest BCUT2D eigenvalue weighted by molar-refractivity contribution is 5.79. The van der Waals surface area contributed by atoms with Gasteiger partial charge in [-0.2, -0.15) is 13.2 Å². The molecule has 27 heavy (non-hydrogen) atoms. The maximum atomic E-state index is 12.1. The Labute approximate surface area is 158 Å². The fraction of sp³-hybridized carbons (Fsp3) is 0.667. The quantitative estimate of drug-likeness (QED) is 0.556. The van der Waals surface area contributed by atoms with E-state index in [4.69, 9.17) is 0 Å². The summed E-state index contributed by atoms with van der Waals surface area (Å²) in [5.41, 5.74) is 0.829. The number of aromatic nitrogens is 1. The molecule has 1 aromatic heterocycles. The van der Waals surface area contributed by atoms with Gasteiger partial charge in [-0.05, 0) is 31.4 Å². The molecule has 152 valence electrons. The lowest BCUT2D eigenvalue weighted by Gasteiger charge is -2.32. The maximum Gasteiger partial charge on any atom is 0.422 e. The van der Waals surface area contributed by atoms with E-state index >= 15 is 0 Å². The lowest BCUT2D eigenvalue weighted by molar-refractivity contribution is -0.154. The summed E-state index contributed by atoms with van der Waals surface area (Å²) in [5, 5.41) is 6.64. The van der Waals surface area contributed by atoms with Gasteiger partial charge in [0.2, 0.25) is 5.88 Å². The number of hydrogen-bond acceptors (Lipinski definition) is 4. The van der Waals surface area contributed by atoms with Crippen LogP contribution in [0.2, 0.25) is 0 Å². The fourth-order valence-corrected chi connectivity index (χ4v) is 2.95. The van der Waals surface area contributed by atoms with Gasteiger partial charge in [0.15, 0.2) is 12.6 Å². The second-order valence-electron chi connectivity index (χ2n) is 6.59. The highest BCUT2D eigenvalue weighted by Gasteiger charge is 2.28. The minimum Gasteiger partial charge on any atom is -0.468 e. The molecule has 1 aromatic rings. The van der Waals surface area contributed by atoms with Crippen molar-refractivity contribution in [1.29, 1.82) is 0 Å². The van der Waals surface area contributed by atoms with E-state index in [2.05, 4.69) is 37.2 Å². The second kappa shape index (κ2) is 10.3. The molecule has 2 rings (SSSR count). The zero-order valence-electron chi connectivity index (χ0n) is 15.9. The van der Waals surface area contributed by atoms with Gasteiger partial charge in [0.05, 0.1) is 0 Å². The van der Waals surface area contributed by atoms with Crippen LogP contribution in [0.4, 0.5) is 13.2 Å². The molecule has 6 nitrogen and oxygen atoms in total. The average Bonchev–Trinajstić information content (AvgIpc) is 2.65. The number of ether oxygens (including phenoxy) is 1. The number of hydrogen-bond donors (Lipinski definition) is 2. The third-order valence-corrected chi connectivity index (χ3v) is 4.33. The molecule has 0 aliphatic carbocycles. The first-order chi connectivity index (χ1) is 12.9. The Hall–Kier alpha value is -2.03. The molecule has 9 heteroatoms. The minimum absolute atomic E-state index is 0.0441. The summed E-state index contributed by atoms with van der Waals surface area (Å²) >= 11 is 0. The molecule has 0 saturated carbocycles. The molecule has 1 aliphatic rings. The summed E-state index contributed by atoms with van der Waals surface area (Å²) in [6.45, 7) is 4.65. The third kappa shape index (κ3) is 8.03. The summed E-state index contributed by atoms with van der Waals surface area (Å²) < 4.78 is 41.0. The van der Waals surface area contributed by atoms with Crippen molar-refractivity contribution in [3.05, 3.63) is 23.9 Å². The van der Waals surface area contributed by atoms with Gasteiger partial charge in [-0.15, -0.1) is 0 Å². The van der Waals surface area contributed by atoms with Gasteiger partial charge in [-0.3, -0.25) is 4.99 Å². The van der Waals surface area contributed by atoms with Crippen molar-refractivity contribution in [1.82, 2.24) is 20.5 Å². The van der Waals surface area contributed by atoms with Gasteiger partial charge in [-0.1, -0.05) is 13.0 Å². The highest BCUT2D eigenvalue weighted by atomic mass is 19.4. The van der Waals surface area contributed by atoms with E-state index in [0.29, 0.717) is 18.5 Å². The number of nitrogens with zero attached hydrogens (tertiary/aromatic N) is 3. The molecule has 1 fully saturated rings. The number of pyridine rings is 1. The van der Waals surface area contributed by atoms with Gasteiger partial charge in [0.25, 0.3) is 0 Å². The molecular weight excluding hydrogens is 359 g/mol. The zero-order chi connectivity index (χ0) is 19.7. The predicted octanol–water partition coefficient (Wildman–Crippen LogP) is 2.56. The van der Waals surface area contributed by atoms with E-state index in [-0.39, 0.29) is 5.88 Å². The van der Waals surface area contributed by atoms with E-state index in [1.165, 1.54) is 18.7 Å². The molecule has 0 spiro atoms. The molecule has 0 radical (unpaired) electrons. The Balaban J connectivity index is 1.74. The van der Waals surface area contributed by atoms with Crippen molar-refractivity contribution in [3.63, 3.8) is 0 Å². The summed E-state index contributed by atoms with van der Waals surface area (Å²) in [7, 11) is 1.72. The number of piperidine rings is 1. The lowest BCUT2D eigenvalue weighted by atomic mass is 10.1. The Bertz CT molecular complexity index is 584. The van der Waals surface area contributed by atoms with Gasteiger partial charge in [-0.25, -0.2) is 4.98 Å². The predicted molar refractivity (Wildman–Crippen MR) is 98.9 cm³/mol. The van der Waals surface area contributed by atoms with Crippen LogP contribution < -0.4 is 15.4 Å². The SMILES string of the molecule is CCCN1CCC(NC(=NC)NCc2ccc(OCC(F)(F)F)nc2)CC1. The Kier molecular flexibility index (Phi) is 8.15. The molecule has 0 atom stereocenters. The maximum absolute atomic E-state index is 12.1. The third-order valence-electron chi connectivity index (χ3n) is 4.33. The summed E-state index contributed by atoms with van der Waals surface area (Å²) in [6, 6.07) is 3.51. The van der Waals surface area contributed by atoms with Crippen molar-refractivity contribution in [2.45, 2.75) is 44.9 Å². The van der Waals surface area contributed by atoms with Crippen LogP contribution >= 0.6 is 0 Å². The Morgan fingerprint density at radius 1 is 1.33 bits per heavy atom. The van der Waals surface area contributed by atoms with Crippen molar-refractivity contribution < 1.29 is 17.9 Å². The standard InChI is InChI=1S/C18H28F3N5O/c1-3-8-26-9-6-15(7-10-26)25-17(22-2)24-12-14-4-5-16(23-11-14)27-13-18(19,20)21/h4-5,11,15H,3,6-10,12-13H2,1-2H3,(H2,22,24,25). The van der Waals surface area contributed by atoms with Crippen molar-refractivity contribution >= 4 is 5.96 Å². The van der Waals surface area contributed by atoms with Crippen LogP contribution in [0.1, 0.15) is 31.7 Å². The molecule has 2 heterocycles. The van der Waals surface area contributed by atoms with Gasteiger partial charge >= 0.3 is 6.18 Å². The first-order valence-corrected chi connectivity index (χ1v) is 9.23. The molecule has 2 N–H and O–H groups in total.